The summed E-state index contributed by atoms with van der Waals surface area (Å²) < 4.78 is 17.0. The van der Waals surface area contributed by atoms with Gasteiger partial charge in [-0.3, -0.25) is 14.4 Å². The van der Waals surface area contributed by atoms with Crippen molar-refractivity contribution in [2.75, 3.05) is 13.2 Å². The summed E-state index contributed by atoms with van der Waals surface area (Å²) in [6.07, 6.45) is 66.8. The van der Waals surface area contributed by atoms with Crippen molar-refractivity contribution in [3.05, 3.63) is 0 Å². The maximum atomic E-state index is 12.9. The Morgan fingerprint density at radius 2 is 0.452 bits per heavy atom. The Labute approximate surface area is 457 Å². The Balaban J connectivity index is 4.26. The summed E-state index contributed by atoms with van der Waals surface area (Å²) >= 11 is 0. The lowest BCUT2D eigenvalue weighted by Gasteiger charge is -2.18. The second-order valence-electron chi connectivity index (χ2n) is 24.1. The summed E-state index contributed by atoms with van der Waals surface area (Å²) in [6, 6.07) is 0. The van der Waals surface area contributed by atoms with E-state index in [4.69, 9.17) is 14.2 Å². The van der Waals surface area contributed by atoms with Crippen LogP contribution in [0.3, 0.4) is 0 Å². The van der Waals surface area contributed by atoms with Crippen LogP contribution in [-0.4, -0.2) is 37.2 Å². The molecule has 0 aromatic carbocycles. The Morgan fingerprint density at radius 3 is 0.671 bits per heavy atom. The average molecular weight is 1030 g/mol. The molecule has 0 unspecified atom stereocenters. The van der Waals surface area contributed by atoms with Crippen LogP contribution in [0.5, 0.6) is 0 Å². The first-order valence-electron chi connectivity index (χ1n) is 33.2. The summed E-state index contributed by atoms with van der Waals surface area (Å²) in [5, 5.41) is 0. The first-order valence-corrected chi connectivity index (χ1v) is 33.2. The van der Waals surface area contributed by atoms with Crippen LogP contribution in [0.4, 0.5) is 0 Å². The van der Waals surface area contributed by atoms with Crippen LogP contribution in [0, 0.1) is 11.8 Å². The van der Waals surface area contributed by atoms with Gasteiger partial charge in [-0.05, 0) is 31.1 Å². The molecule has 0 spiro atoms. The van der Waals surface area contributed by atoms with Gasteiger partial charge in [-0.1, -0.05) is 343 Å². The summed E-state index contributed by atoms with van der Waals surface area (Å²) in [4.78, 5) is 38.4. The summed E-state index contributed by atoms with van der Waals surface area (Å²) in [7, 11) is 0. The van der Waals surface area contributed by atoms with Crippen LogP contribution in [-0.2, 0) is 28.6 Å². The number of hydrogen-bond acceptors (Lipinski definition) is 6. The van der Waals surface area contributed by atoms with E-state index >= 15 is 0 Å². The van der Waals surface area contributed by atoms with Gasteiger partial charge in [0.25, 0.3) is 0 Å². The van der Waals surface area contributed by atoms with Crippen molar-refractivity contribution >= 4 is 17.9 Å². The molecule has 0 amide bonds. The van der Waals surface area contributed by atoms with Gasteiger partial charge in [-0.15, -0.1) is 0 Å². The maximum absolute atomic E-state index is 12.9. The minimum atomic E-state index is -0.764. The highest BCUT2D eigenvalue weighted by Gasteiger charge is 2.19. The van der Waals surface area contributed by atoms with E-state index in [9.17, 15) is 14.4 Å². The fourth-order valence-corrected chi connectivity index (χ4v) is 10.5. The van der Waals surface area contributed by atoms with E-state index in [1.807, 2.05) is 0 Å². The quantitative estimate of drug-likeness (QED) is 0.0343. The molecule has 0 heterocycles. The van der Waals surface area contributed by atoms with Gasteiger partial charge in [0.15, 0.2) is 6.10 Å². The molecule has 6 nitrogen and oxygen atoms in total. The lowest BCUT2D eigenvalue weighted by Crippen LogP contribution is -2.30. The molecule has 0 saturated heterocycles. The fourth-order valence-electron chi connectivity index (χ4n) is 10.5. The third-order valence-corrected chi connectivity index (χ3v) is 15.5. The molecule has 6 heteroatoms. The molecule has 0 aromatic heterocycles. The zero-order valence-corrected chi connectivity index (χ0v) is 50.3. The standard InChI is InChI=1S/C67H130O6/c1-6-7-8-9-10-11-12-13-20-27-32-37-42-47-52-57-65(68)71-60-64(73-67(70)59-54-49-44-39-34-29-24-19-18-22-26-31-36-41-46-51-56-63(4)5)61-72-66(69)58-53-48-43-38-33-28-23-17-15-14-16-21-25-30-35-40-45-50-55-62(2)3/h62-64H,6-61H2,1-5H3/t64-/m1/s1. The Morgan fingerprint density at radius 1 is 0.260 bits per heavy atom. The fraction of sp³-hybridized carbons (Fsp3) is 0.955. The predicted molar refractivity (Wildman–Crippen MR) is 316 cm³/mol. The Bertz CT molecular complexity index is 1120. The lowest BCUT2D eigenvalue weighted by atomic mass is 10.0. The normalized spacial score (nSPS) is 12.0. The van der Waals surface area contributed by atoms with Crippen molar-refractivity contribution in [3.8, 4) is 0 Å². The number of esters is 3. The van der Waals surface area contributed by atoms with Crippen molar-refractivity contribution < 1.29 is 28.6 Å². The van der Waals surface area contributed by atoms with Crippen LogP contribution >= 0.6 is 0 Å². The lowest BCUT2D eigenvalue weighted by molar-refractivity contribution is -0.167. The number of unbranched alkanes of at least 4 members (excludes halogenated alkanes) is 46. The summed E-state index contributed by atoms with van der Waals surface area (Å²) in [5.41, 5.74) is 0. The highest BCUT2D eigenvalue weighted by atomic mass is 16.6. The number of ether oxygens (including phenoxy) is 3. The van der Waals surface area contributed by atoms with Crippen molar-refractivity contribution in [2.24, 2.45) is 11.8 Å². The molecule has 73 heavy (non-hydrogen) atoms. The third-order valence-electron chi connectivity index (χ3n) is 15.5. The zero-order valence-electron chi connectivity index (χ0n) is 50.3. The van der Waals surface area contributed by atoms with Gasteiger partial charge >= 0.3 is 17.9 Å². The maximum Gasteiger partial charge on any atom is 0.306 e. The summed E-state index contributed by atoms with van der Waals surface area (Å²) in [5.74, 6) is 0.883. The third kappa shape index (κ3) is 61.1. The van der Waals surface area contributed by atoms with Gasteiger partial charge in [-0.25, -0.2) is 0 Å². The van der Waals surface area contributed by atoms with Crippen LogP contribution in [0.1, 0.15) is 381 Å². The zero-order chi connectivity index (χ0) is 53.2. The molecular weight excluding hydrogens is 901 g/mol. The van der Waals surface area contributed by atoms with Crippen LogP contribution in [0.15, 0.2) is 0 Å². The molecule has 0 saturated carbocycles. The molecule has 0 radical (unpaired) electrons. The molecule has 0 N–H and O–H groups in total. The second kappa shape index (κ2) is 59.7. The van der Waals surface area contributed by atoms with Gasteiger partial charge in [0.2, 0.25) is 0 Å². The van der Waals surface area contributed by atoms with Gasteiger partial charge in [0.05, 0.1) is 0 Å². The number of rotatable bonds is 61. The largest absolute Gasteiger partial charge is 0.462 e. The van der Waals surface area contributed by atoms with E-state index in [1.165, 1.54) is 270 Å². The highest BCUT2D eigenvalue weighted by Crippen LogP contribution is 2.19. The number of carbonyl (C=O) groups is 3. The topological polar surface area (TPSA) is 78.9 Å². The monoisotopic (exact) mass is 1030 g/mol. The van der Waals surface area contributed by atoms with E-state index in [1.54, 1.807) is 0 Å². The van der Waals surface area contributed by atoms with E-state index < -0.39 is 6.10 Å². The molecule has 0 bridgehead atoms. The molecule has 434 valence electrons. The molecule has 0 aliphatic carbocycles. The van der Waals surface area contributed by atoms with Gasteiger partial charge < -0.3 is 14.2 Å². The molecular formula is C67H130O6. The predicted octanol–water partition coefficient (Wildman–Crippen LogP) is 22.4. The van der Waals surface area contributed by atoms with E-state index in [0.29, 0.717) is 19.3 Å². The second-order valence-corrected chi connectivity index (χ2v) is 24.1. The van der Waals surface area contributed by atoms with Crippen molar-refractivity contribution in [1.29, 1.82) is 0 Å². The van der Waals surface area contributed by atoms with Crippen molar-refractivity contribution in [1.82, 2.24) is 0 Å². The van der Waals surface area contributed by atoms with Crippen LogP contribution < -0.4 is 0 Å². The molecule has 0 rings (SSSR count). The number of hydrogen-bond donors (Lipinski definition) is 0. The Hall–Kier alpha value is -1.59. The molecule has 0 fully saturated rings. The number of carbonyl (C=O) groups excluding carboxylic acids is 3. The molecule has 0 aliphatic heterocycles. The van der Waals surface area contributed by atoms with Crippen LogP contribution in [0.25, 0.3) is 0 Å². The minimum Gasteiger partial charge on any atom is -0.462 e. The van der Waals surface area contributed by atoms with E-state index in [2.05, 4.69) is 34.6 Å². The SMILES string of the molecule is CCCCCCCCCCCCCCCCCC(=O)OC[C@H](COC(=O)CCCCCCCCCCCCCCCCCCCCC(C)C)OC(=O)CCCCCCCCCCCCCCCCCCC(C)C. The average Bonchev–Trinajstić information content (AvgIpc) is 3.37. The van der Waals surface area contributed by atoms with Gasteiger partial charge in [-0.2, -0.15) is 0 Å². The van der Waals surface area contributed by atoms with Crippen LogP contribution in [0.2, 0.25) is 0 Å². The first-order chi connectivity index (χ1) is 35.7. The summed E-state index contributed by atoms with van der Waals surface area (Å²) in [6.45, 7) is 11.5. The molecule has 1 atom stereocenters. The molecule has 0 aromatic rings. The van der Waals surface area contributed by atoms with Crippen molar-refractivity contribution in [3.63, 3.8) is 0 Å². The first kappa shape index (κ1) is 71.4. The van der Waals surface area contributed by atoms with Gasteiger partial charge in [0.1, 0.15) is 13.2 Å². The minimum absolute atomic E-state index is 0.0614. The molecule has 0 aliphatic rings. The van der Waals surface area contributed by atoms with Crippen molar-refractivity contribution in [2.45, 2.75) is 387 Å². The smallest absolute Gasteiger partial charge is 0.306 e. The van der Waals surface area contributed by atoms with E-state index in [-0.39, 0.29) is 31.1 Å². The van der Waals surface area contributed by atoms with E-state index in [0.717, 1.165) is 69.6 Å². The highest BCUT2D eigenvalue weighted by molar-refractivity contribution is 5.71. The van der Waals surface area contributed by atoms with Gasteiger partial charge in [0, 0.05) is 19.3 Å². The Kier molecular flexibility index (Phi) is 58.4.